The molecule has 1 atom stereocenters. The molecule has 0 aliphatic rings. The minimum absolute atomic E-state index is 0.0403. The lowest BCUT2D eigenvalue weighted by molar-refractivity contribution is -0.119. The van der Waals surface area contributed by atoms with Crippen LogP contribution >= 0.6 is 11.6 Å². The summed E-state index contributed by atoms with van der Waals surface area (Å²) in [4.78, 5) is 10.8. The molecule has 0 spiro atoms. The number of halogens is 1. The van der Waals surface area contributed by atoms with Gasteiger partial charge in [0, 0.05) is 11.4 Å². The molecule has 0 fully saturated rings. The summed E-state index contributed by atoms with van der Waals surface area (Å²) in [6.07, 6.45) is 0.419. The first-order chi connectivity index (χ1) is 7.08. The van der Waals surface area contributed by atoms with Crippen molar-refractivity contribution in [2.24, 2.45) is 0 Å². The monoisotopic (exact) mass is 226 g/mol. The van der Waals surface area contributed by atoms with Crippen molar-refractivity contribution < 1.29 is 9.53 Å². The highest BCUT2D eigenvalue weighted by atomic mass is 35.5. The minimum atomic E-state index is -0.0403. The van der Waals surface area contributed by atoms with Crippen LogP contribution in [0.3, 0.4) is 0 Å². The molecule has 1 aromatic carbocycles. The van der Waals surface area contributed by atoms with E-state index >= 15 is 0 Å². The number of hydrogen-bond acceptors (Lipinski definition) is 2. The Morgan fingerprint density at radius 2 is 2.27 bits per heavy atom. The number of hydrogen-bond donors (Lipinski definition) is 0. The summed E-state index contributed by atoms with van der Waals surface area (Å²) in [7, 11) is 0. The zero-order chi connectivity index (χ0) is 11.3. The van der Waals surface area contributed by atoms with Gasteiger partial charge in [-0.15, -0.1) is 0 Å². The van der Waals surface area contributed by atoms with Crippen LogP contribution in [0.4, 0.5) is 0 Å². The Balaban J connectivity index is 2.40. The first-order valence-electron chi connectivity index (χ1n) is 4.93. The van der Waals surface area contributed by atoms with Crippen molar-refractivity contribution in [1.82, 2.24) is 0 Å². The second kappa shape index (κ2) is 5.89. The summed E-state index contributed by atoms with van der Waals surface area (Å²) >= 11 is 5.83. The van der Waals surface area contributed by atoms with E-state index in [-0.39, 0.29) is 11.9 Å². The Bertz CT molecular complexity index is 336. The SMILES string of the molecule is CC(=O)CC(C)OCc1cccc(Cl)c1. The number of carbonyl (C=O) groups excluding carboxylic acids is 1. The van der Waals surface area contributed by atoms with Gasteiger partial charge in [0.15, 0.2) is 0 Å². The summed E-state index contributed by atoms with van der Waals surface area (Å²) in [6, 6.07) is 7.52. The second-order valence-corrected chi connectivity index (χ2v) is 4.09. The van der Waals surface area contributed by atoms with E-state index in [9.17, 15) is 4.79 Å². The molecule has 3 heteroatoms. The largest absolute Gasteiger partial charge is 0.373 e. The van der Waals surface area contributed by atoms with Gasteiger partial charge in [0.05, 0.1) is 12.7 Å². The lowest BCUT2D eigenvalue weighted by Gasteiger charge is -2.11. The smallest absolute Gasteiger partial charge is 0.132 e. The van der Waals surface area contributed by atoms with E-state index in [1.54, 1.807) is 6.92 Å². The van der Waals surface area contributed by atoms with Crippen LogP contribution in [0.5, 0.6) is 0 Å². The van der Waals surface area contributed by atoms with Crippen molar-refractivity contribution in [3.05, 3.63) is 34.9 Å². The summed E-state index contributed by atoms with van der Waals surface area (Å²) < 4.78 is 5.51. The fraction of sp³-hybridized carbons (Fsp3) is 0.417. The average Bonchev–Trinajstić information content (AvgIpc) is 2.14. The third-order valence-electron chi connectivity index (χ3n) is 2.00. The average molecular weight is 227 g/mol. The fourth-order valence-electron chi connectivity index (χ4n) is 1.33. The van der Waals surface area contributed by atoms with Crippen molar-refractivity contribution in [2.75, 3.05) is 0 Å². The van der Waals surface area contributed by atoms with Crippen molar-refractivity contribution in [3.8, 4) is 0 Å². The number of benzene rings is 1. The lowest BCUT2D eigenvalue weighted by atomic mass is 10.2. The Kier molecular flexibility index (Phi) is 4.79. The van der Waals surface area contributed by atoms with Gasteiger partial charge in [-0.2, -0.15) is 0 Å². The predicted octanol–water partition coefficient (Wildman–Crippen LogP) is 3.22. The Morgan fingerprint density at radius 1 is 1.53 bits per heavy atom. The molecule has 0 amide bonds. The molecule has 0 heterocycles. The van der Waals surface area contributed by atoms with E-state index in [2.05, 4.69) is 0 Å². The number of carbonyl (C=O) groups is 1. The molecule has 0 radical (unpaired) electrons. The highest BCUT2D eigenvalue weighted by Crippen LogP contribution is 2.12. The highest BCUT2D eigenvalue weighted by molar-refractivity contribution is 6.30. The van der Waals surface area contributed by atoms with E-state index in [0.717, 1.165) is 5.56 Å². The van der Waals surface area contributed by atoms with E-state index < -0.39 is 0 Å². The van der Waals surface area contributed by atoms with Crippen molar-refractivity contribution in [2.45, 2.75) is 33.0 Å². The van der Waals surface area contributed by atoms with Crippen LogP contribution in [0.2, 0.25) is 5.02 Å². The molecular formula is C12H15ClO2. The Labute approximate surface area is 95.2 Å². The van der Waals surface area contributed by atoms with Crippen LogP contribution in [0.1, 0.15) is 25.8 Å². The molecule has 15 heavy (non-hydrogen) atoms. The minimum Gasteiger partial charge on any atom is -0.373 e. The lowest BCUT2D eigenvalue weighted by Crippen LogP contribution is -2.12. The molecule has 1 rings (SSSR count). The summed E-state index contributed by atoms with van der Waals surface area (Å²) in [5.74, 6) is 0.147. The van der Waals surface area contributed by atoms with Crippen molar-refractivity contribution >= 4 is 17.4 Å². The van der Waals surface area contributed by atoms with Gasteiger partial charge in [0.25, 0.3) is 0 Å². The number of ether oxygens (including phenoxy) is 1. The van der Waals surface area contributed by atoms with Crippen LogP contribution in [0, 0.1) is 0 Å². The van der Waals surface area contributed by atoms with Gasteiger partial charge in [-0.3, -0.25) is 4.79 Å². The van der Waals surface area contributed by atoms with Crippen molar-refractivity contribution in [1.29, 1.82) is 0 Å². The van der Waals surface area contributed by atoms with Gasteiger partial charge in [-0.25, -0.2) is 0 Å². The van der Waals surface area contributed by atoms with E-state index in [4.69, 9.17) is 16.3 Å². The molecule has 82 valence electrons. The van der Waals surface area contributed by atoms with Crippen LogP contribution in [-0.2, 0) is 16.1 Å². The Hall–Kier alpha value is -0.860. The molecule has 0 saturated heterocycles. The van der Waals surface area contributed by atoms with Gasteiger partial charge in [0.2, 0.25) is 0 Å². The molecule has 0 aromatic heterocycles. The molecule has 1 aromatic rings. The number of ketones is 1. The Morgan fingerprint density at radius 3 is 2.87 bits per heavy atom. The fourth-order valence-corrected chi connectivity index (χ4v) is 1.54. The highest BCUT2D eigenvalue weighted by Gasteiger charge is 2.05. The van der Waals surface area contributed by atoms with Crippen LogP contribution in [0.15, 0.2) is 24.3 Å². The van der Waals surface area contributed by atoms with E-state index in [1.807, 2.05) is 31.2 Å². The first kappa shape index (κ1) is 12.2. The van der Waals surface area contributed by atoms with Gasteiger partial charge in [0.1, 0.15) is 5.78 Å². The molecule has 0 N–H and O–H groups in total. The van der Waals surface area contributed by atoms with Gasteiger partial charge in [-0.05, 0) is 31.5 Å². The third-order valence-corrected chi connectivity index (χ3v) is 2.23. The van der Waals surface area contributed by atoms with Crippen LogP contribution in [0.25, 0.3) is 0 Å². The number of Topliss-reactive ketones (excluding diaryl/α,β-unsaturated/α-hetero) is 1. The van der Waals surface area contributed by atoms with Gasteiger partial charge >= 0.3 is 0 Å². The number of rotatable bonds is 5. The van der Waals surface area contributed by atoms with Gasteiger partial charge < -0.3 is 4.74 Å². The van der Waals surface area contributed by atoms with Crippen LogP contribution < -0.4 is 0 Å². The summed E-state index contributed by atoms with van der Waals surface area (Å²) in [5, 5.41) is 0.704. The molecule has 1 unspecified atom stereocenters. The zero-order valence-corrected chi connectivity index (χ0v) is 9.75. The summed E-state index contributed by atoms with van der Waals surface area (Å²) in [5.41, 5.74) is 1.03. The molecule has 0 saturated carbocycles. The van der Waals surface area contributed by atoms with Crippen LogP contribution in [-0.4, -0.2) is 11.9 Å². The maximum absolute atomic E-state index is 10.8. The summed E-state index contributed by atoms with van der Waals surface area (Å²) in [6.45, 7) is 3.96. The predicted molar refractivity (Wildman–Crippen MR) is 61.0 cm³/mol. The maximum atomic E-state index is 10.8. The third kappa shape index (κ3) is 4.96. The second-order valence-electron chi connectivity index (χ2n) is 3.66. The van der Waals surface area contributed by atoms with E-state index in [0.29, 0.717) is 18.1 Å². The van der Waals surface area contributed by atoms with E-state index in [1.165, 1.54) is 0 Å². The zero-order valence-electron chi connectivity index (χ0n) is 9.00. The maximum Gasteiger partial charge on any atom is 0.132 e. The first-order valence-corrected chi connectivity index (χ1v) is 5.31. The topological polar surface area (TPSA) is 26.3 Å². The molecular weight excluding hydrogens is 212 g/mol. The molecule has 0 bridgehead atoms. The quantitative estimate of drug-likeness (QED) is 0.771. The molecule has 2 nitrogen and oxygen atoms in total. The van der Waals surface area contributed by atoms with Crippen molar-refractivity contribution in [3.63, 3.8) is 0 Å². The molecule has 0 aliphatic heterocycles. The van der Waals surface area contributed by atoms with Gasteiger partial charge in [-0.1, -0.05) is 23.7 Å². The normalized spacial score (nSPS) is 12.5. The standard InChI is InChI=1S/C12H15ClO2/c1-9(14)6-10(2)15-8-11-4-3-5-12(13)7-11/h3-5,7,10H,6,8H2,1-2H3. The molecule has 0 aliphatic carbocycles.